The molecule has 3 saturated carbocycles. The molecule has 3 saturated heterocycles. The van der Waals surface area contributed by atoms with Crippen LogP contribution in [0.3, 0.4) is 0 Å². The van der Waals surface area contributed by atoms with Gasteiger partial charge in [-0.2, -0.15) is 0 Å². The van der Waals surface area contributed by atoms with Crippen LogP contribution in [-0.2, 0) is 44.3 Å². The maximum absolute atomic E-state index is 11.9. The fourth-order valence-electron chi connectivity index (χ4n) is 14.3. The number of ether oxygens (including phenoxy) is 3. The number of anilines is 3. The maximum atomic E-state index is 11.9. The van der Waals surface area contributed by atoms with Crippen LogP contribution in [0.2, 0.25) is 0 Å². The minimum Gasteiger partial charge on any atom is -0.378 e. The number of benzene rings is 1. The summed E-state index contributed by atoms with van der Waals surface area (Å²) < 4.78 is 98.8. The van der Waals surface area contributed by atoms with Crippen LogP contribution in [-0.4, -0.2) is 174 Å². The molecule has 6 aliphatic rings. The van der Waals surface area contributed by atoms with Crippen molar-refractivity contribution in [1.29, 1.82) is 0 Å². The summed E-state index contributed by atoms with van der Waals surface area (Å²) in [4.78, 5) is 37.5. The van der Waals surface area contributed by atoms with Gasteiger partial charge in [0.1, 0.15) is 23.3 Å². The van der Waals surface area contributed by atoms with Gasteiger partial charge in [-0.15, -0.1) is 0 Å². The van der Waals surface area contributed by atoms with Gasteiger partial charge >= 0.3 is 0 Å². The predicted octanol–water partition coefficient (Wildman–Crippen LogP) is 8.29. The first kappa shape index (κ1) is 69.7. The predicted molar refractivity (Wildman–Crippen MR) is 362 cm³/mol. The zero-order valence-corrected chi connectivity index (χ0v) is 56.5. The number of aromatic nitrogens is 7. The fourth-order valence-corrected chi connectivity index (χ4v) is 16.8. The molecule has 3 aliphatic heterocycles. The molecule has 6 aromatic rings. The Balaban J connectivity index is 0.000000153. The Morgan fingerprint density at radius 3 is 1.11 bits per heavy atom. The van der Waals surface area contributed by atoms with E-state index in [0.717, 1.165) is 165 Å². The molecule has 0 spiro atoms. The third-order valence-corrected chi connectivity index (χ3v) is 21.3. The van der Waals surface area contributed by atoms with Crippen molar-refractivity contribution in [3.05, 3.63) is 158 Å². The van der Waals surface area contributed by atoms with E-state index in [1.165, 1.54) is 24.3 Å². The van der Waals surface area contributed by atoms with Crippen molar-refractivity contribution >= 4 is 47.5 Å². The summed E-state index contributed by atoms with van der Waals surface area (Å²) in [5.41, 5.74) is 2.49. The summed E-state index contributed by atoms with van der Waals surface area (Å²) in [5, 5.41) is 0. The van der Waals surface area contributed by atoms with Gasteiger partial charge in [0, 0.05) is 137 Å². The van der Waals surface area contributed by atoms with Crippen LogP contribution in [0, 0.1) is 17.8 Å². The Labute approximate surface area is 551 Å². The van der Waals surface area contributed by atoms with Gasteiger partial charge in [0.05, 0.1) is 62.6 Å². The molecule has 6 atom stereocenters. The Bertz CT molecular complexity index is 3130. The van der Waals surface area contributed by atoms with Gasteiger partial charge in [-0.05, 0) is 150 Å². The second-order valence-corrected chi connectivity index (χ2v) is 31.4. The zero-order valence-electron chi connectivity index (χ0n) is 54.0. The molecular weight excluding hydrogens is 1240 g/mol. The fraction of sp³-hybridized carbons (Fsp3) is 0.574. The number of piperidine rings is 3. The molecule has 5 aromatic heterocycles. The van der Waals surface area contributed by atoms with Gasteiger partial charge in [-0.25, -0.2) is 64.3 Å². The lowest BCUT2D eigenvalue weighted by atomic mass is 9.82. The van der Waals surface area contributed by atoms with Crippen molar-refractivity contribution in [3.63, 3.8) is 0 Å². The number of hydrogen-bond acceptors (Lipinski definition) is 19. The first-order chi connectivity index (χ1) is 44.9. The SMILES string of the molecule is CS(=O)(=O)N[C@H]1CCN(c2ccccn2)CC1COC1CCC(c2ccccc2)CC1.CS(=O)(=O)N[C@H]1CCN(c2ccccn2)CC1COC1CCC(c2cnccn2)CC1.CS(=O)(=O)N[C@H]1CCN(c2ccccn2)CC1COC1CCC(c2ncccn2)CC1. The molecular formula is C68H95N13O9S3. The number of nitrogens with zero attached hydrogens (tertiary/aromatic N) is 10. The van der Waals surface area contributed by atoms with E-state index in [4.69, 9.17) is 14.2 Å². The average Bonchev–Trinajstić information content (AvgIpc) is 1.29. The molecule has 8 heterocycles. The molecule has 0 bridgehead atoms. The molecule has 93 heavy (non-hydrogen) atoms. The monoisotopic (exact) mass is 1330 g/mol. The highest BCUT2D eigenvalue weighted by molar-refractivity contribution is 7.89. The first-order valence-corrected chi connectivity index (χ1v) is 38.9. The van der Waals surface area contributed by atoms with E-state index in [2.05, 4.69) is 94.1 Å². The lowest BCUT2D eigenvalue weighted by Gasteiger charge is -2.40. The third kappa shape index (κ3) is 22.2. The summed E-state index contributed by atoms with van der Waals surface area (Å²) in [5.74, 6) is 5.42. The van der Waals surface area contributed by atoms with E-state index in [0.29, 0.717) is 37.6 Å². The Hall–Kier alpha value is -6.16. The van der Waals surface area contributed by atoms with Crippen LogP contribution >= 0.6 is 0 Å². The van der Waals surface area contributed by atoms with Crippen molar-refractivity contribution in [2.75, 3.05) is 92.6 Å². The van der Waals surface area contributed by atoms with Crippen LogP contribution in [0.15, 0.2) is 141 Å². The largest absolute Gasteiger partial charge is 0.378 e. The van der Waals surface area contributed by atoms with Crippen LogP contribution < -0.4 is 28.9 Å². The van der Waals surface area contributed by atoms with Crippen molar-refractivity contribution in [2.45, 2.75) is 151 Å². The first-order valence-electron chi connectivity index (χ1n) is 33.3. The number of pyridine rings is 3. The summed E-state index contributed by atoms with van der Waals surface area (Å²) in [6, 6.07) is 29.9. The van der Waals surface area contributed by atoms with E-state index < -0.39 is 30.1 Å². The highest BCUT2D eigenvalue weighted by atomic mass is 32.2. The minimum absolute atomic E-state index is 0.0701. The summed E-state index contributed by atoms with van der Waals surface area (Å²) >= 11 is 0. The Morgan fingerprint density at radius 2 is 0.753 bits per heavy atom. The molecule has 12 rings (SSSR count). The summed E-state index contributed by atoms with van der Waals surface area (Å²) in [6.45, 7) is 6.14. The van der Waals surface area contributed by atoms with Gasteiger partial charge in [-0.3, -0.25) is 9.97 Å². The highest BCUT2D eigenvalue weighted by Crippen LogP contribution is 2.37. The molecule has 0 radical (unpaired) electrons. The molecule has 25 heteroatoms. The van der Waals surface area contributed by atoms with Crippen LogP contribution in [0.1, 0.15) is 131 Å². The van der Waals surface area contributed by atoms with E-state index in [1.54, 1.807) is 43.4 Å². The lowest BCUT2D eigenvalue weighted by Crippen LogP contribution is -2.52. The molecule has 22 nitrogen and oxygen atoms in total. The van der Waals surface area contributed by atoms with E-state index in [-0.39, 0.29) is 54.2 Å². The van der Waals surface area contributed by atoms with Gasteiger partial charge in [-0.1, -0.05) is 48.5 Å². The standard InChI is InChI=1S/C24H33N3O3S.2C22H31N5O3S/c1-31(28,29)26-23-14-16-27(24-9-5-6-15-25-24)17-21(23)18-30-22-12-10-20(11-13-22)19-7-3-2-4-8-19;1-31(28,29)26-20-10-14-27(21-5-2-3-11-23-21)15-18(20)16-30-19-8-6-17(7-9-19)22-24-12-4-13-25-22;1-31(28,29)26-20-9-13-27(22-4-2-3-10-25-22)15-18(20)16-30-19-7-5-17(6-8-19)21-14-23-11-12-24-21/h2-9,15,20-23,26H,10-14,16-18H2,1H3;2-5,11-13,17-20,26H,6-10,14-16H2,1H3;2-4,10-12,14,17-20,26H,5-9,13,15-16H2,1H3/t20?,21?,22?,23-;2*17?,18?,19?,20-/m000/s1. The van der Waals surface area contributed by atoms with Gasteiger partial charge in [0.2, 0.25) is 30.1 Å². The second-order valence-electron chi connectivity index (χ2n) is 26.1. The lowest BCUT2D eigenvalue weighted by molar-refractivity contribution is -0.00260. The number of hydrogen-bond donors (Lipinski definition) is 3. The van der Waals surface area contributed by atoms with Crippen molar-refractivity contribution in [3.8, 4) is 0 Å². The van der Waals surface area contributed by atoms with Crippen molar-refractivity contribution < 1.29 is 39.5 Å². The number of nitrogens with one attached hydrogen (secondary N) is 3. The molecule has 1 aromatic carbocycles. The molecule has 3 N–H and O–H groups in total. The molecule has 3 unspecified atom stereocenters. The van der Waals surface area contributed by atoms with Crippen LogP contribution in [0.25, 0.3) is 0 Å². The number of sulfonamides is 3. The van der Waals surface area contributed by atoms with Gasteiger partial charge in [0.15, 0.2) is 0 Å². The summed E-state index contributed by atoms with van der Waals surface area (Å²) in [7, 11) is -9.81. The zero-order chi connectivity index (χ0) is 65.1. The molecule has 3 aliphatic carbocycles. The maximum Gasteiger partial charge on any atom is 0.208 e. The number of rotatable bonds is 21. The van der Waals surface area contributed by atoms with Crippen LogP contribution in [0.5, 0.6) is 0 Å². The average molecular weight is 1330 g/mol. The normalized spacial score (nSPS) is 27.2. The Kier molecular flexibility index (Phi) is 25.5. The highest BCUT2D eigenvalue weighted by Gasteiger charge is 2.37. The second kappa shape index (κ2) is 34.0. The van der Waals surface area contributed by atoms with E-state index in [1.807, 2.05) is 66.9 Å². The molecule has 0 amide bonds. The topological polar surface area (TPSA) is 266 Å². The van der Waals surface area contributed by atoms with Crippen molar-refractivity contribution in [1.82, 2.24) is 49.1 Å². The third-order valence-electron chi connectivity index (χ3n) is 19.1. The van der Waals surface area contributed by atoms with Crippen LogP contribution in [0.4, 0.5) is 17.5 Å². The quantitative estimate of drug-likeness (QED) is 0.0612. The van der Waals surface area contributed by atoms with E-state index in [9.17, 15) is 25.3 Å². The smallest absolute Gasteiger partial charge is 0.208 e. The van der Waals surface area contributed by atoms with Gasteiger partial charge < -0.3 is 28.9 Å². The Morgan fingerprint density at radius 1 is 0.387 bits per heavy atom. The van der Waals surface area contributed by atoms with Gasteiger partial charge in [0.25, 0.3) is 0 Å². The van der Waals surface area contributed by atoms with Crippen molar-refractivity contribution in [2.24, 2.45) is 17.8 Å². The minimum atomic E-state index is -3.27. The summed E-state index contributed by atoms with van der Waals surface area (Å²) in [6.07, 6.45) is 33.3. The molecule has 6 fully saturated rings. The molecule has 504 valence electrons. The van der Waals surface area contributed by atoms with E-state index >= 15 is 0 Å².